The Bertz CT molecular complexity index is 2470. The second-order valence-electron chi connectivity index (χ2n) is 14.4. The molecule has 0 saturated carbocycles. The van der Waals surface area contributed by atoms with Gasteiger partial charge in [-0.25, -0.2) is 13.1 Å². The van der Waals surface area contributed by atoms with Crippen LogP contribution >= 0.6 is 11.6 Å². The topological polar surface area (TPSA) is 143 Å². The molecule has 290 valence electrons. The number of nitrogens with zero attached hydrogens (tertiary/aromatic N) is 4. The second kappa shape index (κ2) is 16.7. The maximum absolute atomic E-state index is 13.5. The third kappa shape index (κ3) is 8.97. The highest BCUT2D eigenvalue weighted by Crippen LogP contribution is 2.32. The standard InChI is InChI=1S/C42H43ClN6O6S/c1-46(2)20-19-34(14-15-36-7-5-23-55-36)44-39-17-16-37(26-41(39)49(51)52)56(53,54)45-42(50)30-11-18-40-32(24-30)25-35-28-47(21-22-48(35)40)27-31-6-3-4-8-38(31)29-9-12-33(43)13-10-29/h3-13,16-18,23-26,34,44H,14-15,19-22,27-28H2,1-2H3,(H,45,50). The van der Waals surface area contributed by atoms with E-state index in [9.17, 15) is 23.3 Å². The third-order valence-electron chi connectivity index (χ3n) is 10.1. The van der Waals surface area contributed by atoms with Crippen LogP contribution in [0, 0.1) is 10.1 Å². The average molecular weight is 795 g/mol. The third-order valence-corrected chi connectivity index (χ3v) is 11.7. The molecular weight excluding hydrogens is 752 g/mol. The van der Waals surface area contributed by atoms with Gasteiger partial charge in [0.15, 0.2) is 0 Å². The molecule has 56 heavy (non-hydrogen) atoms. The van der Waals surface area contributed by atoms with Crippen molar-refractivity contribution in [3.8, 4) is 11.1 Å². The van der Waals surface area contributed by atoms with Crippen LogP contribution in [0.4, 0.5) is 11.4 Å². The minimum absolute atomic E-state index is 0.154. The summed E-state index contributed by atoms with van der Waals surface area (Å²) in [5.74, 6) is -0.0255. The number of aryl methyl sites for hydroxylation is 1. The lowest BCUT2D eigenvalue weighted by atomic mass is 9.99. The molecular formula is C42H43ClN6O6S. The molecule has 3 heterocycles. The van der Waals surface area contributed by atoms with Crippen molar-refractivity contribution in [2.45, 2.75) is 49.8 Å². The SMILES string of the molecule is CN(C)CCC(CCc1ccco1)Nc1ccc(S(=O)(=O)NC(=O)c2ccc3c(c2)cc2n3CCN(Cc3ccccc3-c3ccc(Cl)cc3)C2)cc1[N+](=O)[O-]. The van der Waals surface area contributed by atoms with Crippen molar-refractivity contribution in [1.82, 2.24) is 19.1 Å². The smallest absolute Gasteiger partial charge is 0.293 e. The number of rotatable bonds is 15. The molecule has 0 radical (unpaired) electrons. The molecule has 12 nitrogen and oxygen atoms in total. The molecule has 1 amide bonds. The van der Waals surface area contributed by atoms with E-state index >= 15 is 0 Å². The zero-order chi connectivity index (χ0) is 39.4. The molecule has 0 bridgehead atoms. The molecule has 7 rings (SSSR count). The molecule has 1 atom stereocenters. The van der Waals surface area contributed by atoms with E-state index in [1.54, 1.807) is 18.4 Å². The number of benzene rings is 4. The van der Waals surface area contributed by atoms with Crippen LogP contribution in [0.25, 0.3) is 22.0 Å². The predicted octanol–water partition coefficient (Wildman–Crippen LogP) is 7.96. The van der Waals surface area contributed by atoms with Gasteiger partial charge in [0.1, 0.15) is 11.4 Å². The van der Waals surface area contributed by atoms with Gasteiger partial charge in [-0.1, -0.05) is 48.0 Å². The summed E-state index contributed by atoms with van der Waals surface area (Å²) < 4.78 is 36.7. The molecule has 0 spiro atoms. The molecule has 4 aromatic carbocycles. The first-order valence-electron chi connectivity index (χ1n) is 18.4. The van der Waals surface area contributed by atoms with Gasteiger partial charge in [0.2, 0.25) is 0 Å². The molecule has 0 fully saturated rings. The van der Waals surface area contributed by atoms with Crippen molar-refractivity contribution < 1.29 is 22.6 Å². The summed E-state index contributed by atoms with van der Waals surface area (Å²) in [6, 6.07) is 30.5. The average Bonchev–Trinajstić information content (AvgIpc) is 3.83. The van der Waals surface area contributed by atoms with Gasteiger partial charge in [-0.2, -0.15) is 0 Å². The van der Waals surface area contributed by atoms with Crippen LogP contribution in [-0.2, 0) is 36.1 Å². The maximum Gasteiger partial charge on any atom is 0.293 e. The number of sulfonamides is 1. The molecule has 0 aliphatic carbocycles. The number of nitro benzene ring substituents is 1. The summed E-state index contributed by atoms with van der Waals surface area (Å²) in [4.78, 5) is 29.0. The van der Waals surface area contributed by atoms with Crippen molar-refractivity contribution >= 4 is 49.8 Å². The number of anilines is 1. The van der Waals surface area contributed by atoms with E-state index in [2.05, 4.69) is 31.6 Å². The van der Waals surface area contributed by atoms with E-state index in [0.29, 0.717) is 30.8 Å². The lowest BCUT2D eigenvalue weighted by molar-refractivity contribution is -0.384. The Balaban J connectivity index is 1.04. The minimum Gasteiger partial charge on any atom is -0.469 e. The summed E-state index contributed by atoms with van der Waals surface area (Å²) in [6.45, 7) is 3.77. The van der Waals surface area contributed by atoms with Crippen molar-refractivity contribution in [1.29, 1.82) is 0 Å². The summed E-state index contributed by atoms with van der Waals surface area (Å²) in [6.07, 6.45) is 3.56. The van der Waals surface area contributed by atoms with E-state index in [1.807, 2.05) is 79.7 Å². The van der Waals surface area contributed by atoms with E-state index in [4.69, 9.17) is 16.0 Å². The van der Waals surface area contributed by atoms with E-state index in [-0.39, 0.29) is 22.2 Å². The molecule has 0 saturated heterocycles. The summed E-state index contributed by atoms with van der Waals surface area (Å²) in [5.41, 5.74) is 5.45. The van der Waals surface area contributed by atoms with Gasteiger partial charge in [-0.3, -0.25) is 19.8 Å². The molecule has 14 heteroatoms. The Labute approximate surface area is 330 Å². The van der Waals surface area contributed by atoms with Gasteiger partial charge < -0.3 is 19.2 Å². The minimum atomic E-state index is -4.46. The highest BCUT2D eigenvalue weighted by molar-refractivity contribution is 7.90. The number of fused-ring (bicyclic) bond motifs is 3. The number of carbonyl (C=O) groups excluding carboxylic acids is 1. The van der Waals surface area contributed by atoms with Crippen molar-refractivity contribution in [3.63, 3.8) is 0 Å². The zero-order valence-electron chi connectivity index (χ0n) is 31.2. The number of nitrogens with one attached hydrogen (secondary N) is 2. The van der Waals surface area contributed by atoms with Crippen LogP contribution in [0.2, 0.25) is 5.02 Å². The van der Waals surface area contributed by atoms with Gasteiger partial charge >= 0.3 is 0 Å². The Hall–Kier alpha value is -5.47. The fraction of sp³-hybridized carbons (Fsp3) is 0.262. The Morgan fingerprint density at radius 2 is 1.77 bits per heavy atom. The van der Waals surface area contributed by atoms with Crippen LogP contribution in [0.3, 0.4) is 0 Å². The first kappa shape index (κ1) is 38.8. The molecule has 1 aliphatic rings. The van der Waals surface area contributed by atoms with Crippen LogP contribution in [-0.4, -0.2) is 66.8 Å². The number of furan rings is 1. The number of aromatic nitrogens is 1. The van der Waals surface area contributed by atoms with Gasteiger partial charge in [0, 0.05) is 71.9 Å². The maximum atomic E-state index is 13.5. The number of halogens is 1. The Morgan fingerprint density at radius 3 is 2.52 bits per heavy atom. The van der Waals surface area contributed by atoms with E-state index in [1.165, 1.54) is 17.7 Å². The molecule has 2 aromatic heterocycles. The highest BCUT2D eigenvalue weighted by Gasteiger charge is 2.26. The van der Waals surface area contributed by atoms with Crippen LogP contribution in [0.5, 0.6) is 0 Å². The van der Waals surface area contributed by atoms with Crippen molar-refractivity contribution in [2.24, 2.45) is 0 Å². The first-order valence-corrected chi connectivity index (χ1v) is 20.3. The fourth-order valence-electron chi connectivity index (χ4n) is 7.24. The number of amides is 1. The normalized spacial score (nSPS) is 13.8. The zero-order valence-corrected chi connectivity index (χ0v) is 32.7. The summed E-state index contributed by atoms with van der Waals surface area (Å²) in [5, 5.41) is 17.0. The quantitative estimate of drug-likeness (QED) is 0.0782. The van der Waals surface area contributed by atoms with Crippen LogP contribution in [0.1, 0.15) is 40.2 Å². The largest absolute Gasteiger partial charge is 0.469 e. The van der Waals surface area contributed by atoms with E-state index in [0.717, 1.165) is 65.7 Å². The van der Waals surface area contributed by atoms with Crippen molar-refractivity contribution in [3.05, 3.63) is 147 Å². The second-order valence-corrected chi connectivity index (χ2v) is 16.5. The molecule has 1 aliphatic heterocycles. The van der Waals surface area contributed by atoms with Gasteiger partial charge in [-0.15, -0.1) is 0 Å². The van der Waals surface area contributed by atoms with Crippen LogP contribution in [0.15, 0.2) is 119 Å². The number of nitro groups is 1. The summed E-state index contributed by atoms with van der Waals surface area (Å²) in [7, 11) is -0.562. The Morgan fingerprint density at radius 1 is 0.964 bits per heavy atom. The number of hydrogen-bond acceptors (Lipinski definition) is 9. The van der Waals surface area contributed by atoms with Crippen molar-refractivity contribution in [2.75, 3.05) is 32.5 Å². The number of carbonyl (C=O) groups is 1. The number of hydrogen-bond donors (Lipinski definition) is 2. The highest BCUT2D eigenvalue weighted by atomic mass is 35.5. The van der Waals surface area contributed by atoms with Gasteiger partial charge in [0.25, 0.3) is 21.6 Å². The van der Waals surface area contributed by atoms with Crippen LogP contribution < -0.4 is 10.0 Å². The monoisotopic (exact) mass is 794 g/mol. The molecule has 2 N–H and O–H groups in total. The summed E-state index contributed by atoms with van der Waals surface area (Å²) >= 11 is 6.14. The molecule has 1 unspecified atom stereocenters. The lowest BCUT2D eigenvalue weighted by Gasteiger charge is -2.29. The Kier molecular flexibility index (Phi) is 11.6. The fourth-order valence-corrected chi connectivity index (χ4v) is 8.36. The van der Waals surface area contributed by atoms with Gasteiger partial charge in [0.05, 0.1) is 16.1 Å². The molecule has 6 aromatic rings. The first-order chi connectivity index (χ1) is 26.9. The van der Waals surface area contributed by atoms with E-state index < -0.39 is 26.5 Å². The van der Waals surface area contributed by atoms with Gasteiger partial charge in [-0.05, 0) is 111 Å². The lowest BCUT2D eigenvalue weighted by Crippen LogP contribution is -2.33. The predicted molar refractivity (Wildman–Crippen MR) is 218 cm³/mol.